The summed E-state index contributed by atoms with van der Waals surface area (Å²) in [6.07, 6.45) is 2.34. The van der Waals surface area contributed by atoms with Gasteiger partial charge in [0.2, 0.25) is 0 Å². The fourth-order valence-corrected chi connectivity index (χ4v) is 3.19. The van der Waals surface area contributed by atoms with Gasteiger partial charge >= 0.3 is 0 Å². The number of aliphatic hydroxyl groups excluding tert-OH is 1. The van der Waals surface area contributed by atoms with Gasteiger partial charge in [-0.25, -0.2) is 9.67 Å². The lowest BCUT2D eigenvalue weighted by atomic mass is 10.1. The number of anilines is 1. The first-order chi connectivity index (χ1) is 12.0. The van der Waals surface area contributed by atoms with Gasteiger partial charge < -0.3 is 10.4 Å². The van der Waals surface area contributed by atoms with E-state index in [1.54, 1.807) is 35.3 Å². The average Bonchev–Trinajstić information content (AvgIpc) is 2.91. The summed E-state index contributed by atoms with van der Waals surface area (Å²) in [7, 11) is 0. The standard InChI is InChI=1S/C17H17Cl2N5O/c1-10-6-11(2)24(23-10)16-9-20-8-15(22-16)21-7-14(25)17-12(18)4-3-5-13(17)19/h3-6,8-9,14,25H,7H2,1-2H3,(H,21,22). The Morgan fingerprint density at radius 1 is 1.20 bits per heavy atom. The molecule has 2 N–H and O–H groups in total. The summed E-state index contributed by atoms with van der Waals surface area (Å²) < 4.78 is 1.72. The van der Waals surface area contributed by atoms with Crippen LogP contribution < -0.4 is 5.32 Å². The van der Waals surface area contributed by atoms with Crippen LogP contribution in [0.5, 0.6) is 0 Å². The molecule has 0 aliphatic rings. The van der Waals surface area contributed by atoms with Crippen LogP contribution in [0.3, 0.4) is 0 Å². The van der Waals surface area contributed by atoms with E-state index in [1.165, 1.54) is 0 Å². The number of aromatic nitrogens is 4. The molecule has 25 heavy (non-hydrogen) atoms. The lowest BCUT2D eigenvalue weighted by molar-refractivity contribution is 0.191. The van der Waals surface area contributed by atoms with Crippen LogP contribution in [0, 0.1) is 13.8 Å². The average molecular weight is 378 g/mol. The summed E-state index contributed by atoms with van der Waals surface area (Å²) in [5, 5.41) is 18.7. The van der Waals surface area contributed by atoms with Crippen LogP contribution in [0.1, 0.15) is 23.1 Å². The summed E-state index contributed by atoms with van der Waals surface area (Å²) in [4.78, 5) is 8.66. The van der Waals surface area contributed by atoms with Crippen LogP contribution >= 0.6 is 23.2 Å². The Morgan fingerprint density at radius 2 is 1.92 bits per heavy atom. The molecule has 0 radical (unpaired) electrons. The van der Waals surface area contributed by atoms with E-state index in [1.807, 2.05) is 19.9 Å². The smallest absolute Gasteiger partial charge is 0.174 e. The Labute approximate surface area is 155 Å². The normalized spacial score (nSPS) is 12.2. The van der Waals surface area contributed by atoms with Crippen molar-refractivity contribution in [3.8, 4) is 5.82 Å². The molecule has 6 nitrogen and oxygen atoms in total. The molecular weight excluding hydrogens is 361 g/mol. The van der Waals surface area contributed by atoms with Crippen molar-refractivity contribution in [1.29, 1.82) is 0 Å². The van der Waals surface area contributed by atoms with Crippen molar-refractivity contribution < 1.29 is 5.11 Å². The fraction of sp³-hybridized carbons (Fsp3) is 0.235. The van der Waals surface area contributed by atoms with Gasteiger partial charge in [-0.1, -0.05) is 29.3 Å². The van der Waals surface area contributed by atoms with Gasteiger partial charge in [-0.15, -0.1) is 0 Å². The summed E-state index contributed by atoms with van der Waals surface area (Å²) in [6.45, 7) is 4.06. The third-order valence-electron chi connectivity index (χ3n) is 3.66. The number of halogens is 2. The zero-order chi connectivity index (χ0) is 18.0. The maximum atomic E-state index is 10.4. The summed E-state index contributed by atoms with van der Waals surface area (Å²) >= 11 is 12.2. The van der Waals surface area contributed by atoms with Crippen molar-refractivity contribution in [1.82, 2.24) is 19.7 Å². The van der Waals surface area contributed by atoms with E-state index >= 15 is 0 Å². The number of aryl methyl sites for hydroxylation is 2. The maximum Gasteiger partial charge on any atom is 0.174 e. The minimum absolute atomic E-state index is 0.193. The van der Waals surface area contributed by atoms with Crippen molar-refractivity contribution in [2.24, 2.45) is 0 Å². The predicted molar refractivity (Wildman–Crippen MR) is 98.5 cm³/mol. The van der Waals surface area contributed by atoms with Crippen molar-refractivity contribution >= 4 is 29.0 Å². The van der Waals surface area contributed by atoms with Gasteiger partial charge in [-0.05, 0) is 32.0 Å². The Morgan fingerprint density at radius 3 is 2.56 bits per heavy atom. The molecule has 8 heteroatoms. The fourth-order valence-electron chi connectivity index (χ4n) is 2.54. The molecule has 0 aliphatic heterocycles. The SMILES string of the molecule is Cc1cc(C)n(-c2cncc(NCC(O)c3c(Cl)cccc3Cl)n2)n1. The van der Waals surface area contributed by atoms with E-state index < -0.39 is 6.10 Å². The Kier molecular flexibility index (Phi) is 5.22. The Balaban J connectivity index is 1.76. The molecule has 2 heterocycles. The van der Waals surface area contributed by atoms with E-state index in [0.717, 1.165) is 11.4 Å². The van der Waals surface area contributed by atoms with E-state index in [-0.39, 0.29) is 6.54 Å². The first-order valence-electron chi connectivity index (χ1n) is 7.67. The minimum atomic E-state index is -0.875. The number of nitrogens with zero attached hydrogens (tertiary/aromatic N) is 4. The molecule has 130 valence electrons. The number of hydrogen-bond acceptors (Lipinski definition) is 5. The molecule has 0 amide bonds. The summed E-state index contributed by atoms with van der Waals surface area (Å²) in [5.41, 5.74) is 2.36. The second-order valence-electron chi connectivity index (χ2n) is 5.63. The molecule has 0 spiro atoms. The zero-order valence-corrected chi connectivity index (χ0v) is 15.3. The van der Waals surface area contributed by atoms with Gasteiger partial charge in [-0.2, -0.15) is 5.10 Å². The Bertz CT molecular complexity index is 876. The maximum absolute atomic E-state index is 10.4. The highest BCUT2D eigenvalue weighted by Crippen LogP contribution is 2.30. The second-order valence-corrected chi connectivity index (χ2v) is 6.45. The third kappa shape index (κ3) is 3.92. The third-order valence-corrected chi connectivity index (χ3v) is 4.32. The van der Waals surface area contributed by atoms with Gasteiger partial charge in [0.1, 0.15) is 5.82 Å². The topological polar surface area (TPSA) is 75.9 Å². The largest absolute Gasteiger partial charge is 0.386 e. The molecular formula is C17H17Cl2N5O. The summed E-state index contributed by atoms with van der Waals surface area (Å²) in [6, 6.07) is 7.08. The van der Waals surface area contributed by atoms with Crippen LogP contribution in [0.25, 0.3) is 5.82 Å². The number of benzene rings is 1. The van der Waals surface area contributed by atoms with Crippen LogP contribution in [0.2, 0.25) is 10.0 Å². The van der Waals surface area contributed by atoms with Crippen molar-refractivity contribution in [3.63, 3.8) is 0 Å². The molecule has 1 atom stereocenters. The highest BCUT2D eigenvalue weighted by molar-refractivity contribution is 6.36. The van der Waals surface area contributed by atoms with Crippen LogP contribution in [0.4, 0.5) is 5.82 Å². The quantitative estimate of drug-likeness (QED) is 0.708. The number of hydrogen-bond donors (Lipinski definition) is 2. The van der Waals surface area contributed by atoms with Crippen LogP contribution in [-0.2, 0) is 0 Å². The van der Waals surface area contributed by atoms with Crippen molar-refractivity contribution in [2.75, 3.05) is 11.9 Å². The molecule has 0 saturated carbocycles. The monoisotopic (exact) mass is 377 g/mol. The van der Waals surface area contributed by atoms with E-state index in [9.17, 15) is 5.11 Å². The van der Waals surface area contributed by atoms with Gasteiger partial charge in [0.25, 0.3) is 0 Å². The van der Waals surface area contributed by atoms with Gasteiger partial charge in [0.05, 0.1) is 24.2 Å². The lowest BCUT2D eigenvalue weighted by Gasteiger charge is -2.15. The van der Waals surface area contributed by atoms with Crippen molar-refractivity contribution in [3.05, 3.63) is 63.7 Å². The first kappa shape index (κ1) is 17.7. The molecule has 3 aromatic rings. The summed E-state index contributed by atoms with van der Waals surface area (Å²) in [5.74, 6) is 1.12. The second kappa shape index (κ2) is 7.39. The molecule has 2 aromatic heterocycles. The number of rotatable bonds is 5. The van der Waals surface area contributed by atoms with E-state index in [4.69, 9.17) is 23.2 Å². The van der Waals surface area contributed by atoms with Gasteiger partial charge in [0, 0.05) is 27.8 Å². The molecule has 0 fully saturated rings. The predicted octanol–water partition coefficient (Wildman–Crippen LogP) is 3.73. The molecule has 3 rings (SSSR count). The molecule has 1 unspecified atom stereocenters. The number of aliphatic hydroxyl groups is 1. The van der Waals surface area contributed by atoms with E-state index in [2.05, 4.69) is 20.4 Å². The van der Waals surface area contributed by atoms with Gasteiger partial charge in [0.15, 0.2) is 5.82 Å². The minimum Gasteiger partial charge on any atom is -0.386 e. The molecule has 1 aromatic carbocycles. The van der Waals surface area contributed by atoms with Crippen molar-refractivity contribution in [2.45, 2.75) is 20.0 Å². The molecule has 0 saturated heterocycles. The Hall–Kier alpha value is -2.15. The highest BCUT2D eigenvalue weighted by atomic mass is 35.5. The number of nitrogens with one attached hydrogen (secondary N) is 1. The highest BCUT2D eigenvalue weighted by Gasteiger charge is 2.15. The lowest BCUT2D eigenvalue weighted by Crippen LogP contribution is -2.15. The first-order valence-corrected chi connectivity index (χ1v) is 8.43. The van der Waals surface area contributed by atoms with Crippen LogP contribution in [0.15, 0.2) is 36.7 Å². The molecule has 0 bridgehead atoms. The molecule has 0 aliphatic carbocycles. The zero-order valence-electron chi connectivity index (χ0n) is 13.7. The van der Waals surface area contributed by atoms with Crippen LogP contribution in [-0.4, -0.2) is 31.4 Å². The van der Waals surface area contributed by atoms with E-state index in [0.29, 0.717) is 27.2 Å². The van der Waals surface area contributed by atoms with Gasteiger partial charge in [-0.3, -0.25) is 4.98 Å².